The van der Waals surface area contributed by atoms with E-state index in [0.29, 0.717) is 18.1 Å². The third-order valence-electron chi connectivity index (χ3n) is 9.02. The molecule has 1 saturated heterocycles. The molecule has 0 spiro atoms. The number of furan rings is 1. The molecule has 2 aromatic carbocycles. The van der Waals surface area contributed by atoms with Crippen LogP contribution < -0.4 is 5.32 Å². The Labute approximate surface area is 231 Å². The summed E-state index contributed by atoms with van der Waals surface area (Å²) < 4.78 is 16.7. The number of likely N-dealkylation sites (tertiary alicyclic amines) is 1. The fourth-order valence-electron chi connectivity index (χ4n) is 6.65. The fourth-order valence-corrected chi connectivity index (χ4v) is 6.65. The highest BCUT2D eigenvalue weighted by Gasteiger charge is 2.31. The second-order valence-electron chi connectivity index (χ2n) is 11.5. The van der Waals surface area contributed by atoms with Crippen LogP contribution in [0.3, 0.4) is 0 Å². The van der Waals surface area contributed by atoms with Gasteiger partial charge in [-0.25, -0.2) is 0 Å². The first kappa shape index (κ1) is 26.0. The number of amides is 1. The van der Waals surface area contributed by atoms with Crippen molar-refractivity contribution in [3.8, 4) is 0 Å². The lowest BCUT2D eigenvalue weighted by Crippen LogP contribution is -2.42. The van der Waals surface area contributed by atoms with Crippen molar-refractivity contribution < 1.29 is 18.7 Å². The zero-order chi connectivity index (χ0) is 26.4. The molecule has 1 unspecified atom stereocenters. The van der Waals surface area contributed by atoms with E-state index in [4.69, 9.17) is 13.9 Å². The summed E-state index contributed by atoms with van der Waals surface area (Å²) in [6.45, 7) is 3.71. The maximum atomic E-state index is 13.3. The van der Waals surface area contributed by atoms with E-state index in [2.05, 4.69) is 40.5 Å². The van der Waals surface area contributed by atoms with Gasteiger partial charge in [0.1, 0.15) is 23.5 Å². The Morgan fingerprint density at radius 3 is 2.49 bits per heavy atom. The van der Waals surface area contributed by atoms with Crippen molar-refractivity contribution in [3.05, 3.63) is 84.0 Å². The highest BCUT2D eigenvalue weighted by molar-refractivity contribution is 5.82. The maximum absolute atomic E-state index is 13.3. The molecular weight excluding hydrogens is 488 g/mol. The number of para-hydroxylation sites is 1. The maximum Gasteiger partial charge on any atom is 0.231 e. The molecule has 206 valence electrons. The average molecular weight is 529 g/mol. The van der Waals surface area contributed by atoms with E-state index < -0.39 is 0 Å². The molecule has 0 bridgehead atoms. The van der Waals surface area contributed by atoms with Crippen molar-refractivity contribution >= 4 is 16.9 Å². The predicted molar refractivity (Wildman–Crippen MR) is 152 cm³/mol. The molecule has 1 atom stereocenters. The number of nitrogens with zero attached hydrogens (tertiary/aromatic N) is 1. The van der Waals surface area contributed by atoms with Crippen molar-refractivity contribution in [3.63, 3.8) is 0 Å². The summed E-state index contributed by atoms with van der Waals surface area (Å²) in [6, 6.07) is 18.8. The third-order valence-corrected chi connectivity index (χ3v) is 9.02. The van der Waals surface area contributed by atoms with Gasteiger partial charge in [-0.1, -0.05) is 48.5 Å². The first-order chi connectivity index (χ1) is 19.2. The number of benzene rings is 2. The Hall–Kier alpha value is -3.25. The summed E-state index contributed by atoms with van der Waals surface area (Å²) in [7, 11) is 0. The minimum absolute atomic E-state index is 0.0484. The molecule has 6 nitrogen and oxygen atoms in total. The molecule has 2 fully saturated rings. The third kappa shape index (κ3) is 6.33. The second-order valence-corrected chi connectivity index (χ2v) is 11.5. The highest BCUT2D eigenvalue weighted by Crippen LogP contribution is 2.35. The predicted octanol–water partition coefficient (Wildman–Crippen LogP) is 6.38. The quantitative estimate of drug-likeness (QED) is 0.349. The largest absolute Gasteiger partial charge is 0.464 e. The lowest BCUT2D eigenvalue weighted by molar-refractivity contribution is -0.126. The van der Waals surface area contributed by atoms with Gasteiger partial charge >= 0.3 is 0 Å². The van der Waals surface area contributed by atoms with Crippen LogP contribution in [-0.2, 0) is 20.7 Å². The molecule has 0 radical (unpaired) electrons. The summed E-state index contributed by atoms with van der Waals surface area (Å²) in [6.07, 6.45) is 12.4. The number of carbonyl (C=O) groups excluding carboxylic acids is 1. The van der Waals surface area contributed by atoms with Crippen LogP contribution in [0.25, 0.3) is 11.0 Å². The minimum atomic E-state index is -0.351. The first-order valence-electron chi connectivity index (χ1n) is 14.7. The molecular formula is C33H40N2O4. The molecule has 1 N–H and O–H groups in total. The number of fused-ring (bicyclic) bond motifs is 1. The molecule has 39 heavy (non-hydrogen) atoms. The topological polar surface area (TPSA) is 63.9 Å². The Kier molecular flexibility index (Phi) is 8.19. The number of carbonyl (C=O) groups is 1. The van der Waals surface area contributed by atoms with E-state index in [9.17, 15) is 4.79 Å². The van der Waals surface area contributed by atoms with Crippen molar-refractivity contribution in [1.82, 2.24) is 10.2 Å². The highest BCUT2D eigenvalue weighted by atomic mass is 16.7. The second kappa shape index (κ2) is 12.3. The van der Waals surface area contributed by atoms with Crippen molar-refractivity contribution in [2.24, 2.45) is 11.8 Å². The van der Waals surface area contributed by atoms with Crippen LogP contribution in [0.1, 0.15) is 62.0 Å². The van der Waals surface area contributed by atoms with E-state index >= 15 is 0 Å². The Balaban J connectivity index is 0.934. The lowest BCUT2D eigenvalue weighted by atomic mass is 9.83. The van der Waals surface area contributed by atoms with Gasteiger partial charge in [0.15, 0.2) is 0 Å². The molecule has 1 saturated carbocycles. The average Bonchev–Trinajstić information content (AvgIpc) is 3.67. The van der Waals surface area contributed by atoms with Crippen LogP contribution in [0, 0.1) is 11.8 Å². The number of rotatable bonds is 9. The van der Waals surface area contributed by atoms with E-state index in [1.54, 1.807) is 6.26 Å². The van der Waals surface area contributed by atoms with Crippen LogP contribution in [-0.4, -0.2) is 43.3 Å². The van der Waals surface area contributed by atoms with Crippen LogP contribution in [0.5, 0.6) is 0 Å². The van der Waals surface area contributed by atoms with Crippen molar-refractivity contribution in [2.45, 2.75) is 63.3 Å². The standard InChI is InChI=1S/C33H40N2O4/c36-33(29(32-22-37-23-39-32)20-25-6-2-1-3-7-25)34-27-12-10-24(11-13-27)14-17-35-18-15-26(16-19-35)30-21-38-31-9-5-4-8-28(30)31/h1-9,21-22,24,26-27,29H,10-20,23H2,(H,34,36). The number of hydrogen-bond donors (Lipinski definition) is 1. The van der Waals surface area contributed by atoms with Gasteiger partial charge in [-0.2, -0.15) is 0 Å². The molecule has 3 aromatic rings. The summed E-state index contributed by atoms with van der Waals surface area (Å²) in [5, 5.41) is 4.62. The van der Waals surface area contributed by atoms with Gasteiger partial charge in [0, 0.05) is 17.0 Å². The minimum Gasteiger partial charge on any atom is -0.464 e. The molecule has 1 aromatic heterocycles. The zero-order valence-electron chi connectivity index (χ0n) is 22.7. The Bertz CT molecular complexity index is 1250. The van der Waals surface area contributed by atoms with Crippen LogP contribution in [0.15, 0.2) is 77.3 Å². The Morgan fingerprint density at radius 2 is 1.72 bits per heavy atom. The Morgan fingerprint density at radius 1 is 0.949 bits per heavy atom. The monoisotopic (exact) mass is 528 g/mol. The number of hydrogen-bond acceptors (Lipinski definition) is 5. The van der Waals surface area contributed by atoms with Crippen molar-refractivity contribution in [1.29, 1.82) is 0 Å². The fraction of sp³-hybridized carbons (Fsp3) is 0.485. The molecule has 6 heteroatoms. The number of nitrogens with one attached hydrogen (secondary N) is 1. The lowest BCUT2D eigenvalue weighted by Gasteiger charge is -2.34. The molecule has 1 aliphatic carbocycles. The molecule has 6 rings (SSSR count). The van der Waals surface area contributed by atoms with E-state index in [1.807, 2.05) is 30.5 Å². The smallest absolute Gasteiger partial charge is 0.231 e. The van der Waals surface area contributed by atoms with Crippen LogP contribution >= 0.6 is 0 Å². The normalized spacial score (nSPS) is 23.1. The molecule has 3 heterocycles. The summed E-state index contributed by atoms with van der Waals surface area (Å²) in [4.78, 5) is 16.0. The SMILES string of the molecule is O=C(NC1CCC(CCN2CCC(c3coc4ccccc34)CC2)CC1)C(Cc1ccccc1)C1=COCO1. The molecule has 2 aliphatic heterocycles. The van der Waals surface area contributed by atoms with Crippen LogP contribution in [0.2, 0.25) is 0 Å². The van der Waals surface area contributed by atoms with E-state index in [1.165, 1.54) is 62.7 Å². The molecule has 3 aliphatic rings. The van der Waals surface area contributed by atoms with Gasteiger partial charge in [0.05, 0.1) is 6.26 Å². The summed E-state index contributed by atoms with van der Waals surface area (Å²) >= 11 is 0. The summed E-state index contributed by atoms with van der Waals surface area (Å²) in [5.74, 6) is 1.69. The van der Waals surface area contributed by atoms with Crippen molar-refractivity contribution in [2.75, 3.05) is 26.4 Å². The van der Waals surface area contributed by atoms with Gasteiger partial charge in [0.2, 0.25) is 12.7 Å². The zero-order valence-corrected chi connectivity index (χ0v) is 22.7. The van der Waals surface area contributed by atoms with Crippen LogP contribution in [0.4, 0.5) is 0 Å². The van der Waals surface area contributed by atoms with Gasteiger partial charge in [-0.05, 0) is 94.5 Å². The van der Waals surface area contributed by atoms with Gasteiger partial charge in [0.25, 0.3) is 0 Å². The number of ether oxygens (including phenoxy) is 2. The number of piperidine rings is 1. The first-order valence-corrected chi connectivity index (χ1v) is 14.7. The van der Waals surface area contributed by atoms with Gasteiger partial charge in [-0.15, -0.1) is 0 Å². The van der Waals surface area contributed by atoms with Gasteiger partial charge in [-0.3, -0.25) is 4.79 Å². The van der Waals surface area contributed by atoms with Gasteiger partial charge < -0.3 is 24.1 Å². The van der Waals surface area contributed by atoms with E-state index in [0.717, 1.165) is 29.9 Å². The molecule has 1 amide bonds. The summed E-state index contributed by atoms with van der Waals surface area (Å²) in [5.41, 5.74) is 3.52. The van der Waals surface area contributed by atoms with E-state index in [-0.39, 0.29) is 24.7 Å².